The molecule has 0 spiro atoms. The lowest BCUT2D eigenvalue weighted by Crippen LogP contribution is -2.11. The molecule has 0 saturated heterocycles. The Morgan fingerprint density at radius 3 is 2.00 bits per heavy atom. The highest BCUT2D eigenvalue weighted by Gasteiger charge is 2.36. The number of phenolic OH excluding ortho intramolecular Hbond substituents is 1. The van der Waals surface area contributed by atoms with Crippen LogP contribution in [0.2, 0.25) is 0 Å². The third-order valence-electron chi connectivity index (χ3n) is 9.14. The number of alkyl halides is 6. The first-order valence-electron chi connectivity index (χ1n) is 15.6. The van der Waals surface area contributed by atoms with Crippen molar-refractivity contribution in [3.05, 3.63) is 117 Å². The highest BCUT2D eigenvalue weighted by Crippen LogP contribution is 2.51. The molecule has 0 saturated carbocycles. The first-order chi connectivity index (χ1) is 24.1. The van der Waals surface area contributed by atoms with E-state index in [2.05, 4.69) is 9.97 Å². The molecule has 2 aromatic heterocycles. The lowest BCUT2D eigenvalue weighted by atomic mass is 9.91. The third kappa shape index (κ3) is 6.90. The van der Waals surface area contributed by atoms with E-state index in [9.17, 15) is 51.3 Å². The van der Waals surface area contributed by atoms with Gasteiger partial charge in [-0.15, -0.1) is 0 Å². The lowest BCUT2D eigenvalue weighted by molar-refractivity contribution is -0.138. The van der Waals surface area contributed by atoms with Gasteiger partial charge in [0.25, 0.3) is 0 Å². The molecule has 2 aromatic carbocycles. The number of aromatic carboxylic acids is 2. The van der Waals surface area contributed by atoms with Gasteiger partial charge in [0.05, 0.1) is 29.6 Å². The summed E-state index contributed by atoms with van der Waals surface area (Å²) < 4.78 is 87.5. The van der Waals surface area contributed by atoms with Crippen molar-refractivity contribution in [2.75, 3.05) is 7.11 Å². The van der Waals surface area contributed by atoms with E-state index in [-0.39, 0.29) is 63.6 Å². The van der Waals surface area contributed by atoms with Crippen LogP contribution in [0.4, 0.5) is 26.3 Å². The number of pyridine rings is 2. The van der Waals surface area contributed by atoms with E-state index in [1.165, 1.54) is 37.4 Å². The van der Waals surface area contributed by atoms with E-state index >= 15 is 0 Å². The topological polar surface area (TPSA) is 130 Å². The van der Waals surface area contributed by atoms with E-state index in [0.29, 0.717) is 36.0 Å². The molecule has 0 aliphatic heterocycles. The fourth-order valence-corrected chi connectivity index (χ4v) is 6.82. The average molecular weight is 711 g/mol. The van der Waals surface area contributed by atoms with Crippen LogP contribution in [-0.4, -0.2) is 44.3 Å². The standard InChI is InChI=1S/C37H28F6N2O6/c1-51-32-13-9-20(37(41,42)43)17-27(32)22-4-2-5-23(22)29-11-10-21(33(45-29)35(49)50)18-14-24(26-16-19(36(38,39)40)8-12-31(26)46)25(15-18)28-6-3-7-30(44-28)34(47)48/h3,6-13,16-18,46H,2,4-5,14-15H2,1H3,(H,47,48)(H,49,50). The minimum Gasteiger partial charge on any atom is -0.507 e. The van der Waals surface area contributed by atoms with Crippen molar-refractivity contribution >= 4 is 34.2 Å². The highest BCUT2D eigenvalue weighted by molar-refractivity contribution is 5.98. The molecule has 0 fully saturated rings. The molecule has 51 heavy (non-hydrogen) atoms. The Bertz CT molecular complexity index is 2140. The molecule has 6 rings (SSSR count). The van der Waals surface area contributed by atoms with Gasteiger partial charge < -0.3 is 20.1 Å². The Kier molecular flexibility index (Phi) is 9.13. The number of phenols is 1. The van der Waals surface area contributed by atoms with Gasteiger partial charge in [-0.2, -0.15) is 26.3 Å². The second-order valence-corrected chi connectivity index (χ2v) is 12.2. The molecule has 4 aromatic rings. The number of carboxylic acid groups (broad SMARTS) is 2. The average Bonchev–Trinajstić information content (AvgIpc) is 3.75. The Morgan fingerprint density at radius 1 is 0.725 bits per heavy atom. The summed E-state index contributed by atoms with van der Waals surface area (Å²) in [6.45, 7) is 0. The van der Waals surface area contributed by atoms with E-state index in [0.717, 1.165) is 30.3 Å². The summed E-state index contributed by atoms with van der Waals surface area (Å²) in [5.41, 5.74) is -0.348. The smallest absolute Gasteiger partial charge is 0.416 e. The number of benzene rings is 2. The number of allylic oxidation sites excluding steroid dienone is 4. The van der Waals surface area contributed by atoms with Crippen LogP contribution < -0.4 is 4.74 Å². The Balaban J connectivity index is 1.45. The normalized spacial score (nSPS) is 16.6. The van der Waals surface area contributed by atoms with Crippen LogP contribution in [0.3, 0.4) is 0 Å². The molecular formula is C37H28F6N2O6. The van der Waals surface area contributed by atoms with Crippen molar-refractivity contribution in [2.45, 2.75) is 50.4 Å². The number of hydrogen-bond donors (Lipinski definition) is 3. The predicted octanol–water partition coefficient (Wildman–Crippen LogP) is 9.21. The highest BCUT2D eigenvalue weighted by atomic mass is 19.4. The fourth-order valence-electron chi connectivity index (χ4n) is 6.82. The molecule has 2 heterocycles. The van der Waals surface area contributed by atoms with E-state index in [1.807, 2.05) is 0 Å². The quantitative estimate of drug-likeness (QED) is 0.154. The van der Waals surface area contributed by atoms with Crippen LogP contribution in [-0.2, 0) is 12.4 Å². The molecular weight excluding hydrogens is 682 g/mol. The Hall–Kier alpha value is -5.66. The first kappa shape index (κ1) is 35.2. The van der Waals surface area contributed by atoms with Gasteiger partial charge in [0.1, 0.15) is 17.2 Å². The van der Waals surface area contributed by atoms with E-state index < -0.39 is 47.1 Å². The summed E-state index contributed by atoms with van der Waals surface area (Å²) in [7, 11) is 1.33. The van der Waals surface area contributed by atoms with Gasteiger partial charge in [-0.25, -0.2) is 19.6 Å². The molecule has 0 bridgehead atoms. The molecule has 1 unspecified atom stereocenters. The Labute approximate surface area is 286 Å². The minimum atomic E-state index is -4.75. The zero-order valence-corrected chi connectivity index (χ0v) is 26.7. The summed E-state index contributed by atoms with van der Waals surface area (Å²) in [5.74, 6) is -3.71. The van der Waals surface area contributed by atoms with Crippen LogP contribution in [0.15, 0.2) is 66.7 Å². The molecule has 8 nitrogen and oxygen atoms in total. The van der Waals surface area contributed by atoms with Crippen molar-refractivity contribution in [3.8, 4) is 11.5 Å². The number of halogens is 6. The van der Waals surface area contributed by atoms with Crippen molar-refractivity contribution < 1.29 is 56.0 Å². The number of carbonyl (C=O) groups is 2. The molecule has 0 radical (unpaired) electrons. The second kappa shape index (κ2) is 13.2. The molecule has 2 aliphatic carbocycles. The lowest BCUT2D eigenvalue weighted by Gasteiger charge is -2.17. The summed E-state index contributed by atoms with van der Waals surface area (Å²) in [6.07, 6.45) is -8.04. The first-order valence-corrected chi connectivity index (χ1v) is 15.6. The minimum absolute atomic E-state index is 0.0117. The maximum Gasteiger partial charge on any atom is 0.416 e. The van der Waals surface area contributed by atoms with Crippen LogP contribution in [0.1, 0.15) is 98.2 Å². The number of hydrogen-bond acceptors (Lipinski definition) is 6. The van der Waals surface area contributed by atoms with Gasteiger partial charge in [0.2, 0.25) is 0 Å². The molecule has 1 atom stereocenters. The molecule has 3 N–H and O–H groups in total. The number of carboxylic acids is 2. The SMILES string of the molecule is COc1ccc(C(F)(F)F)cc1C1=C(c2ccc(C3CC(c4cccc(C(=O)O)n4)=C(c4cc(C(F)(F)F)ccc4O)C3)c(C(=O)O)n2)CCC1. The number of nitrogens with zero attached hydrogens (tertiary/aromatic N) is 2. The predicted molar refractivity (Wildman–Crippen MR) is 173 cm³/mol. The molecule has 0 amide bonds. The summed E-state index contributed by atoms with van der Waals surface area (Å²) in [4.78, 5) is 33.1. The molecule has 14 heteroatoms. The monoisotopic (exact) mass is 710 g/mol. The van der Waals surface area contributed by atoms with Crippen LogP contribution >= 0.6 is 0 Å². The number of aromatic nitrogens is 2. The number of ether oxygens (including phenoxy) is 1. The summed E-state index contributed by atoms with van der Waals surface area (Å²) in [6, 6.07) is 12.8. The number of aromatic hydroxyl groups is 1. The zero-order valence-electron chi connectivity index (χ0n) is 26.7. The van der Waals surface area contributed by atoms with Gasteiger partial charge in [-0.05, 0) is 120 Å². The fraction of sp³-hybridized carbons (Fsp3) is 0.243. The van der Waals surface area contributed by atoms with Crippen molar-refractivity contribution in [1.82, 2.24) is 9.97 Å². The number of methoxy groups -OCH3 is 1. The second-order valence-electron chi connectivity index (χ2n) is 12.2. The summed E-state index contributed by atoms with van der Waals surface area (Å²) in [5, 5.41) is 30.6. The van der Waals surface area contributed by atoms with E-state index in [1.54, 1.807) is 6.07 Å². The van der Waals surface area contributed by atoms with Crippen LogP contribution in [0, 0.1) is 0 Å². The van der Waals surface area contributed by atoms with Gasteiger partial charge in [0.15, 0.2) is 5.69 Å². The van der Waals surface area contributed by atoms with Gasteiger partial charge in [-0.1, -0.05) is 12.1 Å². The summed E-state index contributed by atoms with van der Waals surface area (Å²) >= 11 is 0. The molecule has 2 aliphatic rings. The van der Waals surface area contributed by atoms with Crippen LogP contribution in [0.5, 0.6) is 11.5 Å². The maximum atomic E-state index is 13.7. The largest absolute Gasteiger partial charge is 0.507 e. The van der Waals surface area contributed by atoms with Gasteiger partial charge in [0, 0.05) is 11.1 Å². The van der Waals surface area contributed by atoms with Crippen molar-refractivity contribution in [2.24, 2.45) is 0 Å². The van der Waals surface area contributed by atoms with Gasteiger partial charge >= 0.3 is 24.3 Å². The maximum absolute atomic E-state index is 13.7. The van der Waals surface area contributed by atoms with E-state index in [4.69, 9.17) is 4.74 Å². The van der Waals surface area contributed by atoms with Crippen molar-refractivity contribution in [3.63, 3.8) is 0 Å². The zero-order chi connectivity index (χ0) is 36.8. The van der Waals surface area contributed by atoms with Crippen LogP contribution in [0.25, 0.3) is 22.3 Å². The Morgan fingerprint density at radius 2 is 1.35 bits per heavy atom. The van der Waals surface area contributed by atoms with Crippen molar-refractivity contribution in [1.29, 1.82) is 0 Å². The molecule has 264 valence electrons. The van der Waals surface area contributed by atoms with Gasteiger partial charge in [-0.3, -0.25) is 0 Å². The third-order valence-corrected chi connectivity index (χ3v) is 9.14. The number of rotatable bonds is 8.